The minimum Gasteiger partial charge on any atom is -0.508 e. The normalized spacial score (nSPS) is 11.7. The van der Waals surface area contributed by atoms with Gasteiger partial charge in [0.25, 0.3) is 0 Å². The first-order valence-corrected chi connectivity index (χ1v) is 7.70. The van der Waals surface area contributed by atoms with Crippen molar-refractivity contribution in [1.29, 1.82) is 0 Å². The summed E-state index contributed by atoms with van der Waals surface area (Å²) >= 11 is 5.78. The minimum absolute atomic E-state index is 0.0888. The Morgan fingerprint density at radius 3 is 2.26 bits per heavy atom. The first-order chi connectivity index (χ1) is 11.0. The average molecular weight is 332 g/mol. The van der Waals surface area contributed by atoms with Crippen LogP contribution in [0.2, 0.25) is 5.02 Å². The van der Waals surface area contributed by atoms with E-state index in [9.17, 15) is 14.7 Å². The molecule has 2 N–H and O–H groups in total. The molecule has 0 fully saturated rings. The van der Waals surface area contributed by atoms with Crippen LogP contribution >= 0.6 is 11.6 Å². The van der Waals surface area contributed by atoms with Gasteiger partial charge in [-0.1, -0.05) is 23.7 Å². The molecule has 1 amide bonds. The van der Waals surface area contributed by atoms with Crippen LogP contribution in [0.15, 0.2) is 48.5 Å². The van der Waals surface area contributed by atoms with E-state index in [2.05, 4.69) is 5.32 Å². The number of carbonyl (C=O) groups is 2. The van der Waals surface area contributed by atoms with Crippen LogP contribution in [0.1, 0.15) is 41.7 Å². The number of aromatic hydroxyl groups is 1. The second-order valence-electron chi connectivity index (χ2n) is 5.31. The molecule has 0 aliphatic carbocycles. The van der Waals surface area contributed by atoms with Crippen LogP contribution in [0.25, 0.3) is 0 Å². The molecule has 0 saturated carbocycles. The standard InChI is InChI=1S/C18H18ClNO3/c1-12(13-4-8-16(21)9-5-13)20-18(23)11-10-17(22)14-2-6-15(19)7-3-14/h2-9,12,21H,10-11H2,1H3,(H,20,23)/t12-/m1/s1. The summed E-state index contributed by atoms with van der Waals surface area (Å²) in [6.45, 7) is 1.85. The van der Waals surface area contributed by atoms with Crippen LogP contribution in [-0.2, 0) is 4.79 Å². The molecule has 0 aliphatic heterocycles. The summed E-state index contributed by atoms with van der Waals surface area (Å²) in [7, 11) is 0. The Morgan fingerprint density at radius 2 is 1.65 bits per heavy atom. The summed E-state index contributed by atoms with van der Waals surface area (Å²) in [6.07, 6.45) is 0.277. The summed E-state index contributed by atoms with van der Waals surface area (Å²) in [5.74, 6) is -0.0946. The van der Waals surface area contributed by atoms with Gasteiger partial charge in [0.05, 0.1) is 6.04 Å². The predicted molar refractivity (Wildman–Crippen MR) is 89.7 cm³/mol. The third kappa shape index (κ3) is 5.11. The fourth-order valence-corrected chi connectivity index (χ4v) is 2.29. The van der Waals surface area contributed by atoms with Gasteiger partial charge < -0.3 is 10.4 Å². The molecular formula is C18H18ClNO3. The maximum Gasteiger partial charge on any atom is 0.220 e. The largest absolute Gasteiger partial charge is 0.508 e. The number of phenolic OH excluding ortho intramolecular Hbond substituents is 1. The van der Waals surface area contributed by atoms with E-state index in [1.807, 2.05) is 6.92 Å². The Kier molecular flexibility index (Phi) is 5.77. The predicted octanol–water partition coefficient (Wildman–Crippen LogP) is 3.89. The van der Waals surface area contributed by atoms with Gasteiger partial charge in [-0.15, -0.1) is 0 Å². The number of amides is 1. The SMILES string of the molecule is C[C@@H](NC(=O)CCC(=O)c1ccc(Cl)cc1)c1ccc(O)cc1. The summed E-state index contributed by atoms with van der Waals surface area (Å²) in [5, 5.41) is 12.7. The van der Waals surface area contributed by atoms with E-state index in [0.717, 1.165) is 5.56 Å². The van der Waals surface area contributed by atoms with Crippen LogP contribution < -0.4 is 5.32 Å². The Hall–Kier alpha value is -2.33. The Labute approximate surface area is 140 Å². The molecule has 0 unspecified atom stereocenters. The second kappa shape index (κ2) is 7.79. The van der Waals surface area contributed by atoms with Gasteiger partial charge in [-0.25, -0.2) is 0 Å². The van der Waals surface area contributed by atoms with E-state index < -0.39 is 0 Å². The molecule has 120 valence electrons. The highest BCUT2D eigenvalue weighted by Gasteiger charge is 2.12. The van der Waals surface area contributed by atoms with Crippen LogP contribution in [0.3, 0.4) is 0 Å². The summed E-state index contributed by atoms with van der Waals surface area (Å²) in [6, 6.07) is 13.1. The number of nitrogens with one attached hydrogen (secondary N) is 1. The Bertz CT molecular complexity index is 680. The topological polar surface area (TPSA) is 66.4 Å². The van der Waals surface area contributed by atoms with Gasteiger partial charge in [-0.05, 0) is 48.9 Å². The van der Waals surface area contributed by atoms with Crippen molar-refractivity contribution in [3.63, 3.8) is 0 Å². The van der Waals surface area contributed by atoms with Crippen LogP contribution in [0.4, 0.5) is 0 Å². The molecular weight excluding hydrogens is 314 g/mol. The molecule has 0 aliphatic rings. The number of phenols is 1. The third-order valence-electron chi connectivity index (χ3n) is 3.52. The fourth-order valence-electron chi connectivity index (χ4n) is 2.17. The van der Waals surface area contributed by atoms with E-state index in [1.165, 1.54) is 0 Å². The zero-order valence-corrected chi connectivity index (χ0v) is 13.5. The molecule has 2 aromatic carbocycles. The molecule has 0 saturated heterocycles. The Morgan fingerprint density at radius 1 is 1.04 bits per heavy atom. The van der Waals surface area contributed by atoms with E-state index in [-0.39, 0.29) is 36.3 Å². The van der Waals surface area contributed by atoms with Gasteiger partial charge >= 0.3 is 0 Å². The van der Waals surface area contributed by atoms with E-state index in [4.69, 9.17) is 11.6 Å². The summed E-state index contributed by atoms with van der Waals surface area (Å²) in [5.41, 5.74) is 1.44. The average Bonchev–Trinajstić information content (AvgIpc) is 2.54. The smallest absolute Gasteiger partial charge is 0.220 e. The molecule has 4 nitrogen and oxygen atoms in total. The molecule has 2 rings (SSSR count). The van der Waals surface area contributed by atoms with Crippen molar-refractivity contribution in [3.8, 4) is 5.75 Å². The summed E-state index contributed by atoms with van der Waals surface area (Å²) < 4.78 is 0. The number of hydrogen-bond donors (Lipinski definition) is 2. The van der Waals surface area contributed by atoms with E-state index >= 15 is 0 Å². The fraction of sp³-hybridized carbons (Fsp3) is 0.222. The molecule has 0 bridgehead atoms. The van der Waals surface area contributed by atoms with E-state index in [1.54, 1.807) is 48.5 Å². The Balaban J connectivity index is 1.83. The number of Topliss-reactive ketones (excluding diaryl/α,β-unsaturated/α-hetero) is 1. The highest BCUT2D eigenvalue weighted by molar-refractivity contribution is 6.30. The lowest BCUT2D eigenvalue weighted by Gasteiger charge is -2.14. The van der Waals surface area contributed by atoms with Gasteiger partial charge in [-0.3, -0.25) is 9.59 Å². The first kappa shape index (κ1) is 17.0. The van der Waals surface area contributed by atoms with Gasteiger partial charge in [-0.2, -0.15) is 0 Å². The van der Waals surface area contributed by atoms with Crippen LogP contribution in [0, 0.1) is 0 Å². The number of carbonyl (C=O) groups excluding carboxylic acids is 2. The molecule has 2 aromatic rings. The molecule has 0 heterocycles. The van der Waals surface area contributed by atoms with Crippen molar-refractivity contribution in [3.05, 3.63) is 64.7 Å². The molecule has 0 radical (unpaired) electrons. The third-order valence-corrected chi connectivity index (χ3v) is 3.77. The monoisotopic (exact) mass is 331 g/mol. The van der Waals surface area contributed by atoms with Crippen molar-refractivity contribution in [2.24, 2.45) is 0 Å². The van der Waals surface area contributed by atoms with E-state index in [0.29, 0.717) is 10.6 Å². The molecule has 0 aromatic heterocycles. The number of halogens is 1. The highest BCUT2D eigenvalue weighted by atomic mass is 35.5. The second-order valence-corrected chi connectivity index (χ2v) is 5.75. The van der Waals surface area contributed by atoms with Gasteiger partial charge in [0.15, 0.2) is 5.78 Å². The quantitative estimate of drug-likeness (QED) is 0.789. The lowest BCUT2D eigenvalue weighted by molar-refractivity contribution is -0.121. The zero-order chi connectivity index (χ0) is 16.8. The molecule has 5 heteroatoms. The van der Waals surface area contributed by atoms with Crippen molar-refractivity contribution in [2.45, 2.75) is 25.8 Å². The maximum atomic E-state index is 12.0. The van der Waals surface area contributed by atoms with Crippen molar-refractivity contribution < 1.29 is 14.7 Å². The number of benzene rings is 2. The van der Waals surface area contributed by atoms with Crippen LogP contribution in [0.5, 0.6) is 5.75 Å². The number of hydrogen-bond acceptors (Lipinski definition) is 3. The van der Waals surface area contributed by atoms with Crippen molar-refractivity contribution in [2.75, 3.05) is 0 Å². The number of ketones is 1. The molecule has 0 spiro atoms. The van der Waals surface area contributed by atoms with Gasteiger partial charge in [0.2, 0.25) is 5.91 Å². The lowest BCUT2D eigenvalue weighted by Crippen LogP contribution is -2.26. The zero-order valence-electron chi connectivity index (χ0n) is 12.8. The lowest BCUT2D eigenvalue weighted by atomic mass is 10.1. The van der Waals surface area contributed by atoms with Gasteiger partial charge in [0, 0.05) is 23.4 Å². The highest BCUT2D eigenvalue weighted by Crippen LogP contribution is 2.17. The van der Waals surface area contributed by atoms with Crippen molar-refractivity contribution in [1.82, 2.24) is 5.32 Å². The minimum atomic E-state index is -0.187. The molecule has 1 atom stereocenters. The number of rotatable bonds is 6. The summed E-state index contributed by atoms with van der Waals surface area (Å²) in [4.78, 5) is 24.0. The maximum absolute atomic E-state index is 12.0. The van der Waals surface area contributed by atoms with Crippen molar-refractivity contribution >= 4 is 23.3 Å². The van der Waals surface area contributed by atoms with Gasteiger partial charge in [0.1, 0.15) is 5.75 Å². The van der Waals surface area contributed by atoms with Crippen LogP contribution in [-0.4, -0.2) is 16.8 Å². The molecule has 23 heavy (non-hydrogen) atoms. The first-order valence-electron chi connectivity index (χ1n) is 7.33.